The van der Waals surface area contributed by atoms with Crippen molar-refractivity contribution in [1.82, 2.24) is 4.90 Å². The first-order valence-electron chi connectivity index (χ1n) is 4.80. The van der Waals surface area contributed by atoms with E-state index < -0.39 is 0 Å². The van der Waals surface area contributed by atoms with Crippen LogP contribution in [0.2, 0.25) is 0 Å². The van der Waals surface area contributed by atoms with Gasteiger partial charge in [0.1, 0.15) is 5.37 Å². The molecule has 1 atom stereocenters. The largest absolute Gasteiger partial charge is 0.395 e. The molecule has 1 saturated heterocycles. The molecule has 0 radical (unpaired) electrons. The van der Waals surface area contributed by atoms with Crippen LogP contribution in [-0.2, 0) is 4.79 Å². The molecular weight excluding hydrogens is 230 g/mol. The summed E-state index contributed by atoms with van der Waals surface area (Å²) >= 11 is 3.36. The van der Waals surface area contributed by atoms with Gasteiger partial charge in [0.2, 0.25) is 5.91 Å². The van der Waals surface area contributed by atoms with Crippen LogP contribution < -0.4 is 0 Å². The van der Waals surface area contributed by atoms with Gasteiger partial charge in [-0.2, -0.15) is 0 Å². The highest BCUT2D eigenvalue weighted by Gasteiger charge is 2.32. The average molecular weight is 243 g/mol. The Labute approximate surface area is 97.1 Å². The molecule has 3 nitrogen and oxygen atoms in total. The second kappa shape index (κ2) is 4.55. The van der Waals surface area contributed by atoms with Gasteiger partial charge in [-0.15, -0.1) is 23.1 Å². The zero-order valence-corrected chi connectivity index (χ0v) is 10.1. The minimum Gasteiger partial charge on any atom is -0.395 e. The molecule has 5 heteroatoms. The summed E-state index contributed by atoms with van der Waals surface area (Å²) in [5.41, 5.74) is 0. The van der Waals surface area contributed by atoms with Gasteiger partial charge in [-0.05, 0) is 19.1 Å². The zero-order valence-electron chi connectivity index (χ0n) is 8.47. The lowest BCUT2D eigenvalue weighted by atomic mass is 10.4. The molecule has 1 aromatic rings. The number of aliphatic hydroxyl groups is 1. The molecule has 0 saturated carbocycles. The number of carbonyl (C=O) groups excluding carboxylic acids is 1. The predicted octanol–water partition coefficient (Wildman–Crippen LogP) is 1.62. The normalized spacial score (nSPS) is 21.3. The van der Waals surface area contributed by atoms with E-state index in [-0.39, 0.29) is 17.9 Å². The number of amides is 1. The summed E-state index contributed by atoms with van der Waals surface area (Å²) in [7, 11) is 0. The van der Waals surface area contributed by atoms with Crippen LogP contribution in [-0.4, -0.2) is 34.8 Å². The summed E-state index contributed by atoms with van der Waals surface area (Å²) in [6, 6.07) is 4.14. The van der Waals surface area contributed by atoms with Gasteiger partial charge in [0.25, 0.3) is 0 Å². The molecule has 1 aromatic heterocycles. The highest BCUT2D eigenvalue weighted by molar-refractivity contribution is 8.00. The van der Waals surface area contributed by atoms with E-state index >= 15 is 0 Å². The first-order valence-corrected chi connectivity index (χ1v) is 6.67. The summed E-state index contributed by atoms with van der Waals surface area (Å²) in [5.74, 6) is 0.659. The van der Waals surface area contributed by atoms with E-state index in [1.807, 2.05) is 0 Å². The van der Waals surface area contributed by atoms with E-state index in [9.17, 15) is 4.79 Å². The fourth-order valence-electron chi connectivity index (χ4n) is 1.63. The van der Waals surface area contributed by atoms with Crippen LogP contribution in [0.3, 0.4) is 0 Å². The number of carbonyl (C=O) groups is 1. The van der Waals surface area contributed by atoms with E-state index in [4.69, 9.17) is 5.11 Å². The molecule has 0 bridgehead atoms. The number of hydrogen-bond donors (Lipinski definition) is 1. The van der Waals surface area contributed by atoms with Crippen LogP contribution in [0.4, 0.5) is 0 Å². The molecule has 0 aromatic carbocycles. The lowest BCUT2D eigenvalue weighted by Gasteiger charge is -2.21. The van der Waals surface area contributed by atoms with Crippen molar-refractivity contribution in [2.45, 2.75) is 12.3 Å². The van der Waals surface area contributed by atoms with Crippen molar-refractivity contribution in [1.29, 1.82) is 0 Å². The number of rotatable bonds is 3. The van der Waals surface area contributed by atoms with Crippen molar-refractivity contribution >= 4 is 29.0 Å². The maximum atomic E-state index is 11.6. The molecular formula is C10H13NO2S2. The molecule has 0 spiro atoms. The topological polar surface area (TPSA) is 40.5 Å². The number of hydrogen-bond acceptors (Lipinski definition) is 4. The summed E-state index contributed by atoms with van der Waals surface area (Å²) < 4.78 is 0. The van der Waals surface area contributed by atoms with Gasteiger partial charge in [0.05, 0.1) is 12.4 Å². The number of thioether (sulfide) groups is 1. The van der Waals surface area contributed by atoms with Crippen molar-refractivity contribution in [3.8, 4) is 0 Å². The Kier molecular flexibility index (Phi) is 3.33. The summed E-state index contributed by atoms with van der Waals surface area (Å²) in [4.78, 5) is 15.8. The molecule has 15 heavy (non-hydrogen) atoms. The quantitative estimate of drug-likeness (QED) is 0.877. The van der Waals surface area contributed by atoms with E-state index in [0.29, 0.717) is 12.3 Å². The van der Waals surface area contributed by atoms with E-state index in [1.54, 1.807) is 28.0 Å². The average Bonchev–Trinajstić information content (AvgIpc) is 2.76. The van der Waals surface area contributed by atoms with E-state index in [0.717, 1.165) is 0 Å². The summed E-state index contributed by atoms with van der Waals surface area (Å²) in [5, 5.41) is 9.03. The lowest BCUT2D eigenvalue weighted by Crippen LogP contribution is -2.30. The number of thiophene rings is 1. The molecule has 2 rings (SSSR count). The van der Waals surface area contributed by atoms with Crippen molar-refractivity contribution in [2.75, 3.05) is 18.9 Å². The molecule has 2 heterocycles. The molecule has 1 N–H and O–H groups in total. The maximum absolute atomic E-state index is 11.6. The second-order valence-electron chi connectivity index (χ2n) is 3.42. The smallest absolute Gasteiger partial charge is 0.233 e. The third-order valence-corrected chi connectivity index (χ3v) is 4.75. The third-order valence-electron chi connectivity index (χ3n) is 2.31. The number of β-amino-alcohol motifs (C(OH)–C–C–N with tert-alkyl or cyclic N) is 1. The fourth-order valence-corrected chi connectivity index (χ4v) is 3.96. The van der Waals surface area contributed by atoms with Crippen LogP contribution in [0.15, 0.2) is 12.1 Å². The van der Waals surface area contributed by atoms with E-state index in [2.05, 4.69) is 19.1 Å². The van der Waals surface area contributed by atoms with Gasteiger partial charge in [-0.25, -0.2) is 0 Å². The predicted molar refractivity (Wildman–Crippen MR) is 63.1 cm³/mol. The van der Waals surface area contributed by atoms with Crippen molar-refractivity contribution in [3.05, 3.63) is 21.9 Å². The highest BCUT2D eigenvalue weighted by Crippen LogP contribution is 2.40. The maximum Gasteiger partial charge on any atom is 0.233 e. The Balaban J connectivity index is 2.18. The fraction of sp³-hybridized carbons (Fsp3) is 0.500. The lowest BCUT2D eigenvalue weighted by molar-refractivity contribution is -0.128. The Bertz CT molecular complexity index is 364. The van der Waals surface area contributed by atoms with Crippen LogP contribution in [0.1, 0.15) is 15.1 Å². The minimum atomic E-state index is 0.0349. The molecule has 1 unspecified atom stereocenters. The highest BCUT2D eigenvalue weighted by atomic mass is 32.2. The Morgan fingerprint density at radius 2 is 2.40 bits per heavy atom. The zero-order chi connectivity index (χ0) is 10.8. The third kappa shape index (κ3) is 2.19. The Morgan fingerprint density at radius 1 is 1.60 bits per heavy atom. The van der Waals surface area contributed by atoms with Gasteiger partial charge < -0.3 is 10.0 Å². The summed E-state index contributed by atoms with van der Waals surface area (Å²) in [6.07, 6.45) is 0. The van der Waals surface area contributed by atoms with Crippen molar-refractivity contribution < 1.29 is 9.90 Å². The summed E-state index contributed by atoms with van der Waals surface area (Å²) in [6.45, 7) is 2.53. The van der Waals surface area contributed by atoms with Gasteiger partial charge in [0, 0.05) is 16.3 Å². The standard InChI is InChI=1S/C10H13NO2S2/c1-7-2-3-8(15-7)10-11(4-5-12)9(13)6-14-10/h2-3,10,12H,4-6H2,1H3. The van der Waals surface area contributed by atoms with Gasteiger partial charge in [-0.3, -0.25) is 4.79 Å². The molecule has 82 valence electrons. The van der Waals surface area contributed by atoms with Crippen LogP contribution in [0, 0.1) is 6.92 Å². The molecule has 0 aliphatic carbocycles. The van der Waals surface area contributed by atoms with Crippen molar-refractivity contribution in [2.24, 2.45) is 0 Å². The Morgan fingerprint density at radius 3 is 3.00 bits per heavy atom. The number of aryl methyl sites for hydroxylation is 1. The van der Waals surface area contributed by atoms with Crippen LogP contribution in [0.25, 0.3) is 0 Å². The van der Waals surface area contributed by atoms with Gasteiger partial charge in [-0.1, -0.05) is 0 Å². The SMILES string of the molecule is Cc1ccc(C2SCC(=O)N2CCO)s1. The van der Waals surface area contributed by atoms with Crippen LogP contribution >= 0.6 is 23.1 Å². The molecule has 1 aliphatic rings. The van der Waals surface area contributed by atoms with E-state index in [1.165, 1.54) is 9.75 Å². The van der Waals surface area contributed by atoms with Gasteiger partial charge >= 0.3 is 0 Å². The van der Waals surface area contributed by atoms with Crippen molar-refractivity contribution in [3.63, 3.8) is 0 Å². The Hall–Kier alpha value is -0.520. The first-order chi connectivity index (χ1) is 7.22. The molecule has 1 fully saturated rings. The first kappa shape index (κ1) is 11.0. The van der Waals surface area contributed by atoms with Gasteiger partial charge in [0.15, 0.2) is 0 Å². The number of nitrogens with zero attached hydrogens (tertiary/aromatic N) is 1. The monoisotopic (exact) mass is 243 g/mol. The molecule has 1 amide bonds. The molecule has 1 aliphatic heterocycles. The number of aliphatic hydroxyl groups excluding tert-OH is 1. The van der Waals surface area contributed by atoms with Crippen LogP contribution in [0.5, 0.6) is 0 Å². The minimum absolute atomic E-state index is 0.0349. The second-order valence-corrected chi connectivity index (χ2v) is 5.81.